The number of amides is 1. The summed E-state index contributed by atoms with van der Waals surface area (Å²) >= 11 is 3.34. The highest BCUT2D eigenvalue weighted by Gasteiger charge is 2.22. The van der Waals surface area contributed by atoms with Crippen LogP contribution in [0.4, 0.5) is 5.82 Å². The molecule has 1 amide bonds. The van der Waals surface area contributed by atoms with Gasteiger partial charge < -0.3 is 9.80 Å². The molecule has 0 aliphatic carbocycles. The smallest absolute Gasteiger partial charge is 0.223 e. The average Bonchev–Trinajstić information content (AvgIpc) is 2.72. The summed E-state index contributed by atoms with van der Waals surface area (Å²) in [6.45, 7) is 2.50. The second-order valence-corrected chi connectivity index (χ2v) is 7.23. The Kier molecular flexibility index (Phi) is 6.20. The minimum atomic E-state index is -0.0213. The van der Waals surface area contributed by atoms with E-state index in [-0.39, 0.29) is 24.5 Å². The zero-order valence-corrected chi connectivity index (χ0v) is 16.4. The number of rotatable bonds is 5. The van der Waals surface area contributed by atoms with Gasteiger partial charge in [0.25, 0.3) is 0 Å². The van der Waals surface area contributed by atoms with E-state index in [2.05, 4.69) is 31.9 Å². The second-order valence-electron chi connectivity index (χ2n) is 6.31. The maximum atomic E-state index is 12.4. The SMILES string of the molecule is N#Cc1ccnc(N2CCN(C(=O)CCC(=O)c3ccc(Br)cc3)CC2)c1. The molecule has 2 aromatic rings. The number of halogens is 1. The Hall–Kier alpha value is -2.72. The molecule has 2 heterocycles. The highest BCUT2D eigenvalue weighted by Crippen LogP contribution is 2.16. The number of carbonyl (C=O) groups is 2. The summed E-state index contributed by atoms with van der Waals surface area (Å²) in [7, 11) is 0. The summed E-state index contributed by atoms with van der Waals surface area (Å²) in [5.74, 6) is 0.734. The molecule has 3 rings (SSSR count). The Morgan fingerprint density at radius 2 is 1.78 bits per heavy atom. The van der Waals surface area contributed by atoms with Crippen LogP contribution in [0.2, 0.25) is 0 Å². The van der Waals surface area contributed by atoms with Gasteiger partial charge in [0, 0.05) is 55.3 Å². The first kappa shape index (κ1) is 19.1. The molecule has 1 aliphatic rings. The molecule has 0 spiro atoms. The molecule has 0 radical (unpaired) electrons. The summed E-state index contributed by atoms with van der Waals surface area (Å²) in [5, 5.41) is 9.00. The fourth-order valence-corrected chi connectivity index (χ4v) is 3.27. The number of hydrogen-bond acceptors (Lipinski definition) is 5. The van der Waals surface area contributed by atoms with Crippen LogP contribution in [0.25, 0.3) is 0 Å². The van der Waals surface area contributed by atoms with Crippen LogP contribution in [-0.2, 0) is 4.79 Å². The Labute approximate surface area is 166 Å². The monoisotopic (exact) mass is 426 g/mol. The van der Waals surface area contributed by atoms with E-state index in [4.69, 9.17) is 5.26 Å². The Balaban J connectivity index is 1.49. The van der Waals surface area contributed by atoms with Crippen LogP contribution in [0.5, 0.6) is 0 Å². The predicted octanol–water partition coefficient (Wildman–Crippen LogP) is 3.03. The van der Waals surface area contributed by atoms with E-state index in [0.717, 1.165) is 10.3 Å². The minimum Gasteiger partial charge on any atom is -0.353 e. The lowest BCUT2D eigenvalue weighted by atomic mass is 10.1. The maximum absolute atomic E-state index is 12.4. The standard InChI is InChI=1S/C20H19BrN4O2/c21-17-3-1-16(2-4-17)18(26)5-6-20(27)25-11-9-24(10-12-25)19-13-15(14-22)7-8-23-19/h1-4,7-8,13H,5-6,9-12H2. The van der Waals surface area contributed by atoms with Crippen LogP contribution in [-0.4, -0.2) is 47.8 Å². The lowest BCUT2D eigenvalue weighted by molar-refractivity contribution is -0.131. The van der Waals surface area contributed by atoms with Crippen molar-refractivity contribution in [1.82, 2.24) is 9.88 Å². The van der Waals surface area contributed by atoms with Crippen molar-refractivity contribution in [3.63, 3.8) is 0 Å². The molecule has 6 nitrogen and oxygen atoms in total. The van der Waals surface area contributed by atoms with Crippen molar-refractivity contribution in [1.29, 1.82) is 5.26 Å². The molecule has 138 valence electrons. The molecule has 0 atom stereocenters. The topological polar surface area (TPSA) is 77.3 Å². The number of carbonyl (C=O) groups excluding carboxylic acids is 2. The molecule has 27 heavy (non-hydrogen) atoms. The summed E-state index contributed by atoms with van der Waals surface area (Å²) in [6.07, 6.45) is 2.06. The molecule has 0 saturated carbocycles. The molecular formula is C20H19BrN4O2. The van der Waals surface area contributed by atoms with Gasteiger partial charge in [-0.15, -0.1) is 0 Å². The third-order valence-corrected chi connectivity index (χ3v) is 5.09. The molecule has 0 N–H and O–H groups in total. The Morgan fingerprint density at radius 3 is 2.44 bits per heavy atom. The number of Topliss-reactive ketones (excluding diaryl/α,β-unsaturated/α-hetero) is 1. The van der Waals surface area contributed by atoms with Gasteiger partial charge in [0.05, 0.1) is 11.6 Å². The van der Waals surface area contributed by atoms with E-state index in [9.17, 15) is 9.59 Å². The van der Waals surface area contributed by atoms with Crippen molar-refractivity contribution < 1.29 is 9.59 Å². The molecule has 1 aliphatic heterocycles. The number of ketones is 1. The number of pyridine rings is 1. The zero-order valence-electron chi connectivity index (χ0n) is 14.8. The molecule has 1 aromatic carbocycles. The van der Waals surface area contributed by atoms with Crippen molar-refractivity contribution in [2.45, 2.75) is 12.8 Å². The largest absolute Gasteiger partial charge is 0.353 e. The number of benzene rings is 1. The minimum absolute atomic E-state index is 0.00107. The number of hydrogen-bond donors (Lipinski definition) is 0. The molecule has 0 unspecified atom stereocenters. The van der Waals surface area contributed by atoms with Gasteiger partial charge in [0.2, 0.25) is 5.91 Å². The van der Waals surface area contributed by atoms with E-state index < -0.39 is 0 Å². The lowest BCUT2D eigenvalue weighted by Crippen LogP contribution is -2.49. The fourth-order valence-electron chi connectivity index (χ4n) is 3.00. The predicted molar refractivity (Wildman–Crippen MR) is 105 cm³/mol. The van der Waals surface area contributed by atoms with Gasteiger partial charge in [-0.3, -0.25) is 9.59 Å². The van der Waals surface area contributed by atoms with Crippen LogP contribution in [0.3, 0.4) is 0 Å². The van der Waals surface area contributed by atoms with E-state index in [1.165, 1.54) is 0 Å². The average molecular weight is 427 g/mol. The van der Waals surface area contributed by atoms with Crippen LogP contribution in [0.15, 0.2) is 47.1 Å². The highest BCUT2D eigenvalue weighted by molar-refractivity contribution is 9.10. The summed E-state index contributed by atoms with van der Waals surface area (Å²) in [5.41, 5.74) is 1.20. The van der Waals surface area contributed by atoms with Gasteiger partial charge in [-0.1, -0.05) is 28.1 Å². The maximum Gasteiger partial charge on any atom is 0.223 e. The van der Waals surface area contributed by atoms with Crippen molar-refractivity contribution in [2.75, 3.05) is 31.1 Å². The van der Waals surface area contributed by atoms with Crippen molar-refractivity contribution in [2.24, 2.45) is 0 Å². The van der Waals surface area contributed by atoms with Gasteiger partial charge in [-0.2, -0.15) is 5.26 Å². The van der Waals surface area contributed by atoms with Crippen LogP contribution in [0.1, 0.15) is 28.8 Å². The fraction of sp³-hybridized carbons (Fsp3) is 0.300. The van der Waals surface area contributed by atoms with E-state index in [1.807, 2.05) is 12.1 Å². The van der Waals surface area contributed by atoms with Gasteiger partial charge in [0.15, 0.2) is 5.78 Å². The van der Waals surface area contributed by atoms with Crippen molar-refractivity contribution in [3.05, 3.63) is 58.2 Å². The van der Waals surface area contributed by atoms with Crippen molar-refractivity contribution >= 4 is 33.4 Å². The number of anilines is 1. The van der Waals surface area contributed by atoms with Gasteiger partial charge in [0.1, 0.15) is 5.82 Å². The summed E-state index contributed by atoms with van der Waals surface area (Å²) < 4.78 is 0.919. The van der Waals surface area contributed by atoms with E-state index in [0.29, 0.717) is 37.3 Å². The third-order valence-electron chi connectivity index (χ3n) is 4.56. The summed E-state index contributed by atoms with van der Waals surface area (Å²) in [4.78, 5) is 32.8. The van der Waals surface area contributed by atoms with Crippen LogP contribution in [0, 0.1) is 11.3 Å². The van der Waals surface area contributed by atoms with Gasteiger partial charge >= 0.3 is 0 Å². The molecule has 0 bridgehead atoms. The van der Waals surface area contributed by atoms with Crippen LogP contribution < -0.4 is 4.90 Å². The van der Waals surface area contributed by atoms with Gasteiger partial charge in [-0.05, 0) is 24.3 Å². The lowest BCUT2D eigenvalue weighted by Gasteiger charge is -2.35. The molecule has 1 saturated heterocycles. The Morgan fingerprint density at radius 1 is 1.07 bits per heavy atom. The molecule has 1 aromatic heterocycles. The molecule has 1 fully saturated rings. The Bertz CT molecular complexity index is 868. The normalized spacial score (nSPS) is 13.9. The first-order valence-electron chi connectivity index (χ1n) is 8.74. The van der Waals surface area contributed by atoms with E-state index >= 15 is 0 Å². The van der Waals surface area contributed by atoms with Crippen LogP contribution >= 0.6 is 15.9 Å². The highest BCUT2D eigenvalue weighted by atomic mass is 79.9. The van der Waals surface area contributed by atoms with E-state index in [1.54, 1.807) is 35.4 Å². The number of piperazine rings is 1. The second kappa shape index (κ2) is 8.78. The van der Waals surface area contributed by atoms with Gasteiger partial charge in [-0.25, -0.2) is 4.98 Å². The first-order chi connectivity index (χ1) is 13.1. The zero-order chi connectivity index (χ0) is 19.2. The number of aromatic nitrogens is 1. The molecule has 7 heteroatoms. The number of nitriles is 1. The number of nitrogens with zero attached hydrogens (tertiary/aromatic N) is 4. The molecular weight excluding hydrogens is 408 g/mol. The van der Waals surface area contributed by atoms with Crippen molar-refractivity contribution in [3.8, 4) is 6.07 Å². The summed E-state index contributed by atoms with van der Waals surface area (Å²) in [6, 6.07) is 12.7. The quantitative estimate of drug-likeness (QED) is 0.686. The first-order valence-corrected chi connectivity index (χ1v) is 9.54. The third kappa shape index (κ3) is 4.92.